The second kappa shape index (κ2) is 6.86. The normalized spacial score (nSPS) is 17.5. The van der Waals surface area contributed by atoms with E-state index < -0.39 is 0 Å². The summed E-state index contributed by atoms with van der Waals surface area (Å²) in [7, 11) is 1.44. The molecule has 94 valence electrons. The number of carbonyl (C=O) groups excluding carboxylic acids is 1. The molecular formula is C12H24N2O2. The average molecular weight is 228 g/mol. The Hall–Kier alpha value is -0.610. The average Bonchev–Trinajstić information content (AvgIpc) is 3.11. The zero-order valence-electron chi connectivity index (χ0n) is 10.7. The third-order valence-electron chi connectivity index (χ3n) is 3.10. The second-order valence-electron chi connectivity index (χ2n) is 4.49. The van der Waals surface area contributed by atoms with Gasteiger partial charge < -0.3 is 10.1 Å². The van der Waals surface area contributed by atoms with E-state index in [1.807, 2.05) is 6.92 Å². The fraction of sp³-hybridized carbons (Fsp3) is 0.917. The number of methoxy groups -OCH3 is 1. The first-order valence-electron chi connectivity index (χ1n) is 6.21. The first-order chi connectivity index (χ1) is 7.69. The van der Waals surface area contributed by atoms with Crippen molar-refractivity contribution < 1.29 is 9.53 Å². The molecule has 0 aromatic heterocycles. The maximum atomic E-state index is 11.1. The molecule has 0 aromatic carbocycles. The number of rotatable bonds is 8. The van der Waals surface area contributed by atoms with Crippen molar-refractivity contribution in [3.05, 3.63) is 0 Å². The molecule has 1 aliphatic rings. The van der Waals surface area contributed by atoms with Crippen molar-refractivity contribution in [2.75, 3.05) is 33.3 Å². The number of likely N-dealkylation sites (N-methyl/N-ethyl adjacent to an activating group) is 1. The van der Waals surface area contributed by atoms with Crippen LogP contribution in [0.3, 0.4) is 0 Å². The summed E-state index contributed by atoms with van der Waals surface area (Å²) in [5, 5.41) is 3.31. The summed E-state index contributed by atoms with van der Waals surface area (Å²) in [5.74, 6) is -0.192. The lowest BCUT2D eigenvalue weighted by Gasteiger charge is -2.20. The molecule has 0 bridgehead atoms. The molecule has 1 rings (SSSR count). The van der Waals surface area contributed by atoms with E-state index in [4.69, 9.17) is 0 Å². The topological polar surface area (TPSA) is 41.6 Å². The summed E-state index contributed by atoms with van der Waals surface area (Å²) >= 11 is 0. The molecule has 0 aromatic rings. The lowest BCUT2D eigenvalue weighted by molar-refractivity contribution is -0.144. The van der Waals surface area contributed by atoms with Crippen LogP contribution in [0.15, 0.2) is 0 Å². The van der Waals surface area contributed by atoms with Crippen molar-refractivity contribution in [3.63, 3.8) is 0 Å². The first-order valence-corrected chi connectivity index (χ1v) is 6.21. The van der Waals surface area contributed by atoms with Crippen LogP contribution >= 0.6 is 0 Å². The minimum atomic E-state index is -0.137. The van der Waals surface area contributed by atoms with E-state index in [1.165, 1.54) is 20.0 Å². The molecule has 4 nitrogen and oxygen atoms in total. The summed E-state index contributed by atoms with van der Waals surface area (Å²) < 4.78 is 4.67. The number of nitrogens with zero attached hydrogens (tertiary/aromatic N) is 1. The highest BCUT2D eigenvalue weighted by Gasteiger charge is 2.27. The Kier molecular flexibility index (Phi) is 5.77. The van der Waals surface area contributed by atoms with E-state index in [1.54, 1.807) is 0 Å². The minimum absolute atomic E-state index is 0.0546. The molecule has 0 aliphatic heterocycles. The molecule has 1 N–H and O–H groups in total. The van der Waals surface area contributed by atoms with Gasteiger partial charge in [0.1, 0.15) is 0 Å². The molecule has 1 fully saturated rings. The Balaban J connectivity index is 2.04. The predicted molar refractivity (Wildman–Crippen MR) is 64.3 cm³/mol. The highest BCUT2D eigenvalue weighted by atomic mass is 16.5. The maximum absolute atomic E-state index is 11.1. The smallest absolute Gasteiger partial charge is 0.309 e. The number of hydrogen-bond acceptors (Lipinski definition) is 4. The van der Waals surface area contributed by atoms with E-state index in [0.29, 0.717) is 6.54 Å². The van der Waals surface area contributed by atoms with Gasteiger partial charge in [-0.2, -0.15) is 0 Å². The van der Waals surface area contributed by atoms with Gasteiger partial charge in [0.2, 0.25) is 0 Å². The van der Waals surface area contributed by atoms with Gasteiger partial charge in [0, 0.05) is 25.7 Å². The summed E-state index contributed by atoms with van der Waals surface area (Å²) in [6.45, 7) is 7.95. The highest BCUT2D eigenvalue weighted by molar-refractivity contribution is 5.71. The molecule has 0 saturated heterocycles. The molecule has 0 heterocycles. The van der Waals surface area contributed by atoms with Gasteiger partial charge in [0.05, 0.1) is 13.0 Å². The molecule has 0 radical (unpaired) electrons. The second-order valence-corrected chi connectivity index (χ2v) is 4.49. The highest BCUT2D eigenvalue weighted by Crippen LogP contribution is 2.25. The van der Waals surface area contributed by atoms with Crippen LogP contribution in [0.2, 0.25) is 0 Å². The van der Waals surface area contributed by atoms with Crippen LogP contribution in [0.1, 0.15) is 26.7 Å². The van der Waals surface area contributed by atoms with Gasteiger partial charge >= 0.3 is 5.97 Å². The standard InChI is InChI=1S/C12H24N2O2/c1-4-14(11-5-6-11)8-7-13-9-10(2)12(15)16-3/h10-11,13H,4-9H2,1-3H3. The Morgan fingerprint density at radius 2 is 2.25 bits per heavy atom. The third-order valence-corrected chi connectivity index (χ3v) is 3.10. The van der Waals surface area contributed by atoms with E-state index in [2.05, 4.69) is 21.9 Å². The monoisotopic (exact) mass is 228 g/mol. The van der Waals surface area contributed by atoms with E-state index in [0.717, 1.165) is 25.7 Å². The third kappa shape index (κ3) is 4.49. The van der Waals surface area contributed by atoms with Gasteiger partial charge in [-0.1, -0.05) is 13.8 Å². The largest absolute Gasteiger partial charge is 0.469 e. The Morgan fingerprint density at radius 3 is 2.75 bits per heavy atom. The van der Waals surface area contributed by atoms with Gasteiger partial charge in [-0.15, -0.1) is 0 Å². The molecule has 1 saturated carbocycles. The molecule has 1 aliphatic carbocycles. The zero-order chi connectivity index (χ0) is 12.0. The summed E-state index contributed by atoms with van der Waals surface area (Å²) in [5.41, 5.74) is 0. The van der Waals surface area contributed by atoms with Crippen LogP contribution < -0.4 is 5.32 Å². The maximum Gasteiger partial charge on any atom is 0.309 e. The van der Waals surface area contributed by atoms with Gasteiger partial charge in [-0.05, 0) is 19.4 Å². The van der Waals surface area contributed by atoms with E-state index >= 15 is 0 Å². The quantitative estimate of drug-likeness (QED) is 0.494. The molecule has 1 unspecified atom stereocenters. The molecule has 4 heteroatoms. The van der Waals surface area contributed by atoms with Crippen LogP contribution in [-0.4, -0.2) is 50.2 Å². The Bertz CT molecular complexity index is 217. The van der Waals surface area contributed by atoms with Crippen molar-refractivity contribution >= 4 is 5.97 Å². The summed E-state index contributed by atoms with van der Waals surface area (Å²) in [4.78, 5) is 13.6. The van der Waals surface area contributed by atoms with Gasteiger partial charge in [0.15, 0.2) is 0 Å². The SMILES string of the molecule is CCN(CCNCC(C)C(=O)OC)C1CC1. The lowest BCUT2D eigenvalue weighted by Crippen LogP contribution is -2.36. The van der Waals surface area contributed by atoms with E-state index in [9.17, 15) is 4.79 Å². The van der Waals surface area contributed by atoms with Gasteiger partial charge in [-0.25, -0.2) is 0 Å². The van der Waals surface area contributed by atoms with Crippen LogP contribution in [0.4, 0.5) is 0 Å². The first kappa shape index (κ1) is 13.5. The fourth-order valence-corrected chi connectivity index (χ4v) is 1.86. The van der Waals surface area contributed by atoms with Crippen molar-refractivity contribution in [3.8, 4) is 0 Å². The lowest BCUT2D eigenvalue weighted by atomic mass is 10.2. The Morgan fingerprint density at radius 1 is 1.56 bits per heavy atom. The van der Waals surface area contributed by atoms with E-state index in [-0.39, 0.29) is 11.9 Å². The van der Waals surface area contributed by atoms with Crippen LogP contribution in [0, 0.1) is 5.92 Å². The van der Waals surface area contributed by atoms with Gasteiger partial charge in [-0.3, -0.25) is 9.69 Å². The van der Waals surface area contributed by atoms with Crippen molar-refractivity contribution in [2.45, 2.75) is 32.7 Å². The minimum Gasteiger partial charge on any atom is -0.469 e. The summed E-state index contributed by atoms with van der Waals surface area (Å²) in [6.07, 6.45) is 2.71. The zero-order valence-corrected chi connectivity index (χ0v) is 10.7. The number of esters is 1. The molecule has 0 spiro atoms. The number of ether oxygens (including phenoxy) is 1. The summed E-state index contributed by atoms with van der Waals surface area (Å²) in [6, 6.07) is 0.824. The predicted octanol–water partition coefficient (Wildman–Crippen LogP) is 0.869. The molecular weight excluding hydrogens is 204 g/mol. The van der Waals surface area contributed by atoms with Crippen molar-refractivity contribution in [2.24, 2.45) is 5.92 Å². The van der Waals surface area contributed by atoms with Crippen molar-refractivity contribution in [1.29, 1.82) is 0 Å². The van der Waals surface area contributed by atoms with Gasteiger partial charge in [0.25, 0.3) is 0 Å². The fourth-order valence-electron chi connectivity index (χ4n) is 1.86. The Labute approximate surface area is 98.3 Å². The molecule has 0 amide bonds. The van der Waals surface area contributed by atoms with Crippen LogP contribution in [0.5, 0.6) is 0 Å². The number of hydrogen-bond donors (Lipinski definition) is 1. The van der Waals surface area contributed by atoms with Crippen molar-refractivity contribution in [1.82, 2.24) is 10.2 Å². The molecule has 16 heavy (non-hydrogen) atoms. The molecule has 1 atom stereocenters. The number of nitrogens with one attached hydrogen (secondary N) is 1. The van der Waals surface area contributed by atoms with Crippen LogP contribution in [0.25, 0.3) is 0 Å². The number of carbonyl (C=O) groups is 1. The van der Waals surface area contributed by atoms with Crippen LogP contribution in [-0.2, 0) is 9.53 Å².